The number of carbonyl (C=O) groups is 3. The van der Waals surface area contributed by atoms with Crippen LogP contribution in [-0.4, -0.2) is 85.0 Å². The van der Waals surface area contributed by atoms with E-state index < -0.39 is 33.5 Å². The maximum atomic E-state index is 11.5. The fourth-order valence-electron chi connectivity index (χ4n) is 2.44. The van der Waals surface area contributed by atoms with Crippen molar-refractivity contribution in [1.82, 2.24) is 4.31 Å². The molecule has 236 valence electrons. The van der Waals surface area contributed by atoms with E-state index in [1.807, 2.05) is 48.5 Å². The van der Waals surface area contributed by atoms with Crippen molar-refractivity contribution < 1.29 is 55.9 Å². The van der Waals surface area contributed by atoms with Gasteiger partial charge in [0.25, 0.3) is 0 Å². The van der Waals surface area contributed by atoms with Crippen molar-refractivity contribution in [1.29, 1.82) is 0 Å². The minimum absolute atomic E-state index is 0.00191. The van der Waals surface area contributed by atoms with Gasteiger partial charge in [0, 0.05) is 20.1 Å². The molecule has 1 aliphatic rings. The number of aliphatic hydroxyl groups is 1. The molecular weight excluding hydrogens is 550 g/mol. The maximum absolute atomic E-state index is 11.5. The summed E-state index contributed by atoms with van der Waals surface area (Å²) in [5.41, 5.74) is -1.31. The number of hydrogen-bond acceptors (Lipinski definition) is 12. The molecule has 14 heteroatoms. The van der Waals surface area contributed by atoms with E-state index in [4.69, 9.17) is 28.9 Å². The number of rotatable bonds is 6. The Morgan fingerprint density at radius 3 is 1.55 bits per heavy atom. The lowest BCUT2D eigenvalue weighted by molar-refractivity contribution is -0.192. The second kappa shape index (κ2) is 18.9. The summed E-state index contributed by atoms with van der Waals surface area (Å²) in [5, 5.41) is 8.67. The first-order valence-electron chi connectivity index (χ1n) is 12.7. The molecule has 1 N–H and O–H groups in total. The summed E-state index contributed by atoms with van der Waals surface area (Å²) in [7, 11) is -2.25. The summed E-state index contributed by atoms with van der Waals surface area (Å²) in [5.74, 6) is -0.823. The number of likely N-dealkylation sites (N-methyl/N-ethyl adjacent to an activating group) is 1. The Morgan fingerprint density at radius 1 is 0.900 bits per heavy atom. The van der Waals surface area contributed by atoms with Gasteiger partial charge in [-0.15, -0.1) is 0 Å². The summed E-state index contributed by atoms with van der Waals surface area (Å²) in [4.78, 5) is 49.4. The highest BCUT2D eigenvalue weighted by Gasteiger charge is 2.37. The van der Waals surface area contributed by atoms with E-state index in [0.717, 1.165) is 4.31 Å². The third kappa shape index (κ3) is 25.9. The van der Waals surface area contributed by atoms with Crippen LogP contribution in [0.5, 0.6) is 0 Å². The molecule has 1 saturated heterocycles. The van der Waals surface area contributed by atoms with Crippen molar-refractivity contribution in [3.05, 3.63) is 0 Å². The Morgan fingerprint density at radius 2 is 1.27 bits per heavy atom. The first kappa shape index (κ1) is 42.1. The molecule has 1 aliphatic heterocycles. The smallest absolute Gasteiger partial charge is 0.373 e. The summed E-state index contributed by atoms with van der Waals surface area (Å²) >= 11 is 0. The molecule has 0 bridgehead atoms. The fraction of sp³-hybridized carbons (Fsp3) is 0.846. The second-order valence-corrected chi connectivity index (χ2v) is 13.5. The van der Waals surface area contributed by atoms with Crippen LogP contribution in [0.4, 0.5) is 0 Å². The zero-order valence-electron chi connectivity index (χ0n) is 26.0. The Bertz CT molecular complexity index is 905. The number of nitrogens with zero attached hydrogens (tertiary/aromatic N) is 1. The molecule has 2 unspecified atom stereocenters. The first-order chi connectivity index (χ1) is 17.8. The SMILES string of the molecule is CC(CO)CC(=O)OC(C)(C)C.CCC(=O)OC(C)(C)C.CN1C(CC(=O)OC(C)(C)C)COS1(=O)=O.O=C=O. The van der Waals surface area contributed by atoms with Gasteiger partial charge in [-0.05, 0) is 68.2 Å². The molecule has 0 aromatic carbocycles. The summed E-state index contributed by atoms with van der Waals surface area (Å²) in [6.45, 7) is 20.0. The molecule has 13 nitrogen and oxygen atoms in total. The second-order valence-electron chi connectivity index (χ2n) is 11.8. The predicted octanol–water partition coefficient (Wildman–Crippen LogP) is 2.79. The summed E-state index contributed by atoms with van der Waals surface area (Å²) < 4.78 is 43.1. The van der Waals surface area contributed by atoms with Crippen molar-refractivity contribution in [2.45, 2.75) is 118 Å². The fourth-order valence-corrected chi connectivity index (χ4v) is 3.44. The molecule has 2 atom stereocenters. The molecule has 1 heterocycles. The molecular formula is C26H49NO12S. The largest absolute Gasteiger partial charge is 0.460 e. The van der Waals surface area contributed by atoms with Crippen LogP contribution in [0.1, 0.15) is 95.4 Å². The Kier molecular flexibility index (Phi) is 19.9. The molecule has 0 spiro atoms. The highest BCUT2D eigenvalue weighted by Crippen LogP contribution is 2.20. The van der Waals surface area contributed by atoms with Crippen LogP contribution >= 0.6 is 0 Å². The Balaban J connectivity index is -0.000000508. The van der Waals surface area contributed by atoms with E-state index in [9.17, 15) is 22.8 Å². The highest BCUT2D eigenvalue weighted by atomic mass is 32.2. The number of aliphatic hydroxyl groups excluding tert-OH is 1. The zero-order chi connectivity index (χ0) is 32.5. The van der Waals surface area contributed by atoms with Crippen molar-refractivity contribution in [3.63, 3.8) is 0 Å². The maximum Gasteiger partial charge on any atom is 0.373 e. The van der Waals surface area contributed by atoms with Gasteiger partial charge in [-0.3, -0.25) is 18.6 Å². The van der Waals surface area contributed by atoms with Crippen LogP contribution in [0.3, 0.4) is 0 Å². The van der Waals surface area contributed by atoms with E-state index in [2.05, 4.69) is 4.18 Å². The van der Waals surface area contributed by atoms with E-state index >= 15 is 0 Å². The van der Waals surface area contributed by atoms with Crippen molar-refractivity contribution in [3.8, 4) is 0 Å². The third-order valence-corrected chi connectivity index (χ3v) is 5.49. The molecule has 0 aromatic heterocycles. The van der Waals surface area contributed by atoms with Crippen molar-refractivity contribution >= 4 is 34.4 Å². The molecule has 40 heavy (non-hydrogen) atoms. The molecule has 0 saturated carbocycles. The van der Waals surface area contributed by atoms with Gasteiger partial charge in [0.1, 0.15) is 16.8 Å². The molecule has 1 fully saturated rings. The van der Waals surface area contributed by atoms with Crippen LogP contribution in [-0.2, 0) is 52.7 Å². The average Bonchev–Trinajstić information content (AvgIpc) is 2.98. The van der Waals surface area contributed by atoms with Gasteiger partial charge in [0.05, 0.1) is 25.5 Å². The van der Waals surface area contributed by atoms with Crippen LogP contribution in [0.2, 0.25) is 0 Å². The predicted molar refractivity (Wildman–Crippen MR) is 145 cm³/mol. The highest BCUT2D eigenvalue weighted by molar-refractivity contribution is 7.84. The summed E-state index contributed by atoms with van der Waals surface area (Å²) in [6, 6.07) is -0.472. The van der Waals surface area contributed by atoms with E-state index in [0.29, 0.717) is 6.42 Å². The van der Waals surface area contributed by atoms with Gasteiger partial charge >= 0.3 is 34.4 Å². The lowest BCUT2D eigenvalue weighted by atomic mass is 10.1. The Hall–Kier alpha value is -2.38. The van der Waals surface area contributed by atoms with Crippen molar-refractivity contribution in [2.75, 3.05) is 20.3 Å². The molecule has 1 rings (SSSR count). The lowest BCUT2D eigenvalue weighted by Crippen LogP contribution is -2.34. The third-order valence-electron chi connectivity index (χ3n) is 4.05. The van der Waals surface area contributed by atoms with Gasteiger partial charge < -0.3 is 19.3 Å². The van der Waals surface area contributed by atoms with E-state index in [1.54, 1.807) is 27.7 Å². The molecule has 0 amide bonds. The van der Waals surface area contributed by atoms with Crippen LogP contribution in [0.25, 0.3) is 0 Å². The van der Waals surface area contributed by atoms with E-state index in [1.165, 1.54) is 7.05 Å². The molecule has 0 aromatic rings. The average molecular weight is 600 g/mol. The van der Waals surface area contributed by atoms with Gasteiger partial charge in [-0.1, -0.05) is 13.8 Å². The monoisotopic (exact) mass is 599 g/mol. The normalized spacial score (nSPS) is 17.2. The van der Waals surface area contributed by atoms with Gasteiger partial charge in [-0.2, -0.15) is 22.3 Å². The number of carbonyl (C=O) groups excluding carboxylic acids is 5. The molecule has 0 radical (unpaired) electrons. The minimum atomic E-state index is -3.64. The Labute approximate surface area is 239 Å². The quantitative estimate of drug-likeness (QED) is 0.349. The van der Waals surface area contributed by atoms with E-state index in [-0.39, 0.29) is 55.7 Å². The lowest BCUT2D eigenvalue weighted by Gasteiger charge is -2.21. The number of hydrogen-bond donors (Lipinski definition) is 1. The van der Waals surface area contributed by atoms with Gasteiger partial charge in [0.2, 0.25) is 0 Å². The first-order valence-corrected chi connectivity index (χ1v) is 14.1. The standard InChI is InChI=1S/C9H17NO5S.C9H18O3.C7H14O2.CO2/c1-9(2,3)15-8(11)5-7-6-14-16(12,13)10(7)4;1-7(6-10)5-8(11)12-9(2,3)4;1-5-6(8)9-7(2,3)4;2-1-3/h7H,5-6H2,1-4H3;7,10H,5-6H2,1-4H3;5H2,1-4H3;. The van der Waals surface area contributed by atoms with Crippen LogP contribution in [0, 0.1) is 5.92 Å². The van der Waals surface area contributed by atoms with Gasteiger partial charge in [-0.25, -0.2) is 0 Å². The molecule has 0 aliphatic carbocycles. The van der Waals surface area contributed by atoms with Crippen molar-refractivity contribution in [2.24, 2.45) is 5.92 Å². The number of esters is 3. The van der Waals surface area contributed by atoms with Crippen LogP contribution in [0.15, 0.2) is 0 Å². The zero-order valence-corrected chi connectivity index (χ0v) is 26.8. The number of ether oxygens (including phenoxy) is 3. The van der Waals surface area contributed by atoms with Gasteiger partial charge in [0.15, 0.2) is 0 Å². The summed E-state index contributed by atoms with van der Waals surface area (Å²) in [6.07, 6.45) is 0.998. The minimum Gasteiger partial charge on any atom is -0.460 e. The topological polar surface area (TPSA) is 180 Å². The van der Waals surface area contributed by atoms with Crippen LogP contribution < -0.4 is 0 Å².